The highest BCUT2D eigenvalue weighted by molar-refractivity contribution is 5.73. The first kappa shape index (κ1) is 15.1. The number of rotatable bonds is 4. The van der Waals surface area contributed by atoms with Gasteiger partial charge in [-0.1, -0.05) is 32.6 Å². The second-order valence-electron chi connectivity index (χ2n) is 5.14. The fourth-order valence-electron chi connectivity index (χ4n) is 2.25. The molecule has 1 saturated carbocycles. The molecule has 0 aliphatic heterocycles. The van der Waals surface area contributed by atoms with E-state index in [1.54, 1.807) is 5.32 Å². The first-order chi connectivity index (χ1) is 8.37. The lowest BCUT2D eigenvalue weighted by molar-refractivity contribution is -0.122. The normalized spacial score (nSPS) is 24.7. The molecule has 1 fully saturated rings. The molecule has 2 amide bonds. The summed E-state index contributed by atoms with van der Waals surface area (Å²) in [7, 11) is 0. The molecule has 0 aromatic rings. The zero-order valence-electron chi connectivity index (χ0n) is 10.6. The molecule has 1 aliphatic carbocycles. The summed E-state index contributed by atoms with van der Waals surface area (Å²) in [4.78, 5) is 11.1. The van der Waals surface area contributed by atoms with Crippen molar-refractivity contribution in [1.82, 2.24) is 10.6 Å². The van der Waals surface area contributed by atoms with Crippen LogP contribution in [0.3, 0.4) is 0 Å². The Morgan fingerprint density at radius 3 is 2.33 bits per heavy atom. The lowest BCUT2D eigenvalue weighted by atomic mass is 9.81. The van der Waals surface area contributed by atoms with Crippen LogP contribution < -0.4 is 10.6 Å². The number of hydrogen-bond acceptors (Lipinski definition) is 1. The maximum atomic E-state index is 11.8. The van der Waals surface area contributed by atoms with Gasteiger partial charge >= 0.3 is 12.2 Å². The fraction of sp³-hybridized carbons (Fsp3) is 0.917. The van der Waals surface area contributed by atoms with Gasteiger partial charge in [0.15, 0.2) is 0 Å². The second kappa shape index (κ2) is 6.85. The summed E-state index contributed by atoms with van der Waals surface area (Å²) in [5.41, 5.74) is 0. The van der Waals surface area contributed by atoms with Crippen molar-refractivity contribution in [3.05, 3.63) is 0 Å². The first-order valence-electron chi connectivity index (χ1n) is 6.45. The van der Waals surface area contributed by atoms with Gasteiger partial charge in [0.1, 0.15) is 6.54 Å². The Bertz CT molecular complexity index is 261. The third-order valence-corrected chi connectivity index (χ3v) is 3.42. The van der Waals surface area contributed by atoms with Gasteiger partial charge in [-0.3, -0.25) is 0 Å². The highest BCUT2D eigenvalue weighted by Gasteiger charge is 2.27. The molecule has 0 aromatic heterocycles. The highest BCUT2D eigenvalue weighted by Crippen LogP contribution is 2.29. The molecule has 2 N–H and O–H groups in total. The molecule has 106 valence electrons. The molecule has 0 spiro atoms. The zero-order valence-corrected chi connectivity index (χ0v) is 10.6. The standard InChI is InChI=1S/C12H21F3N2O/c1-9-2-4-10(5-3-9)6-7-16-11(18)17-8-12(13,14)15/h9-10H,2-8H2,1H3,(H2,16,17,18). The van der Waals surface area contributed by atoms with Crippen LogP contribution in [-0.4, -0.2) is 25.3 Å². The summed E-state index contributed by atoms with van der Waals surface area (Å²) in [6.45, 7) is 1.40. The van der Waals surface area contributed by atoms with E-state index in [-0.39, 0.29) is 0 Å². The summed E-state index contributed by atoms with van der Waals surface area (Å²) in [5.74, 6) is 1.38. The van der Waals surface area contributed by atoms with Crippen LogP contribution in [0, 0.1) is 11.8 Å². The van der Waals surface area contributed by atoms with Crippen molar-refractivity contribution in [2.75, 3.05) is 13.1 Å². The summed E-state index contributed by atoms with van der Waals surface area (Å²) in [6.07, 6.45) is 1.25. The number of alkyl halides is 3. The molecule has 0 heterocycles. The van der Waals surface area contributed by atoms with E-state index >= 15 is 0 Å². The van der Waals surface area contributed by atoms with E-state index in [0.29, 0.717) is 12.5 Å². The van der Waals surface area contributed by atoms with Crippen molar-refractivity contribution in [3.8, 4) is 0 Å². The Balaban J connectivity index is 2.05. The number of carbonyl (C=O) groups is 1. The predicted octanol–water partition coefficient (Wildman–Crippen LogP) is 3.06. The van der Waals surface area contributed by atoms with Crippen molar-refractivity contribution in [2.24, 2.45) is 11.8 Å². The number of carbonyl (C=O) groups excluding carboxylic acids is 1. The molecular weight excluding hydrogens is 245 g/mol. The van der Waals surface area contributed by atoms with Crippen molar-refractivity contribution in [3.63, 3.8) is 0 Å². The van der Waals surface area contributed by atoms with Gasteiger partial charge < -0.3 is 10.6 Å². The Hall–Kier alpha value is -0.940. The number of nitrogens with one attached hydrogen (secondary N) is 2. The molecule has 6 heteroatoms. The van der Waals surface area contributed by atoms with Crippen LogP contribution in [-0.2, 0) is 0 Å². The topological polar surface area (TPSA) is 41.1 Å². The number of urea groups is 1. The van der Waals surface area contributed by atoms with Crippen molar-refractivity contribution < 1.29 is 18.0 Å². The summed E-state index contributed by atoms with van der Waals surface area (Å²) in [6, 6.07) is -0.739. The minimum atomic E-state index is -4.35. The number of amides is 2. The molecule has 1 rings (SSSR count). The molecule has 1 aliphatic rings. The summed E-state index contributed by atoms with van der Waals surface area (Å²) < 4.78 is 35.5. The van der Waals surface area contributed by atoms with Gasteiger partial charge in [0, 0.05) is 6.54 Å². The lowest BCUT2D eigenvalue weighted by Crippen LogP contribution is -2.41. The average Bonchev–Trinajstić information content (AvgIpc) is 2.28. The molecule has 0 radical (unpaired) electrons. The Morgan fingerprint density at radius 2 is 1.78 bits per heavy atom. The maximum Gasteiger partial charge on any atom is 0.405 e. The molecule has 0 unspecified atom stereocenters. The SMILES string of the molecule is CC1CCC(CCNC(=O)NCC(F)(F)F)CC1. The molecule has 0 bridgehead atoms. The quantitative estimate of drug-likeness (QED) is 0.806. The van der Waals surface area contributed by atoms with Crippen molar-refractivity contribution >= 4 is 6.03 Å². The van der Waals surface area contributed by atoms with Crippen LogP contribution in [0.4, 0.5) is 18.0 Å². The Morgan fingerprint density at radius 1 is 1.17 bits per heavy atom. The van der Waals surface area contributed by atoms with E-state index in [2.05, 4.69) is 12.2 Å². The van der Waals surface area contributed by atoms with Crippen LogP contribution in [0.25, 0.3) is 0 Å². The average molecular weight is 266 g/mol. The van der Waals surface area contributed by atoms with Crippen molar-refractivity contribution in [2.45, 2.75) is 45.2 Å². The smallest absolute Gasteiger partial charge is 0.338 e. The van der Waals surface area contributed by atoms with E-state index in [1.807, 2.05) is 0 Å². The molecule has 18 heavy (non-hydrogen) atoms. The van der Waals surface area contributed by atoms with Gasteiger partial charge in [-0.2, -0.15) is 13.2 Å². The van der Waals surface area contributed by atoms with Gasteiger partial charge in [0.25, 0.3) is 0 Å². The monoisotopic (exact) mass is 266 g/mol. The first-order valence-corrected chi connectivity index (χ1v) is 6.45. The Kier molecular flexibility index (Phi) is 5.75. The van der Waals surface area contributed by atoms with Crippen LogP contribution in [0.1, 0.15) is 39.0 Å². The molecule has 0 aromatic carbocycles. The van der Waals surface area contributed by atoms with E-state index in [1.165, 1.54) is 12.8 Å². The Labute approximate surface area is 106 Å². The van der Waals surface area contributed by atoms with E-state index in [0.717, 1.165) is 25.2 Å². The van der Waals surface area contributed by atoms with Gasteiger partial charge in [-0.25, -0.2) is 4.79 Å². The van der Waals surface area contributed by atoms with Crippen LogP contribution in [0.2, 0.25) is 0 Å². The van der Waals surface area contributed by atoms with Crippen molar-refractivity contribution in [1.29, 1.82) is 0 Å². The molecule has 0 atom stereocenters. The molecule has 3 nitrogen and oxygen atoms in total. The van der Waals surface area contributed by atoms with E-state index in [4.69, 9.17) is 0 Å². The third kappa shape index (κ3) is 6.71. The summed E-state index contributed by atoms with van der Waals surface area (Å²) in [5, 5.41) is 4.26. The summed E-state index contributed by atoms with van der Waals surface area (Å²) >= 11 is 0. The highest BCUT2D eigenvalue weighted by atomic mass is 19.4. The second-order valence-corrected chi connectivity index (χ2v) is 5.14. The fourth-order valence-corrected chi connectivity index (χ4v) is 2.25. The van der Waals surface area contributed by atoms with Crippen LogP contribution in [0.15, 0.2) is 0 Å². The lowest BCUT2D eigenvalue weighted by Gasteiger charge is -2.26. The van der Waals surface area contributed by atoms with Gasteiger partial charge in [-0.05, 0) is 18.3 Å². The minimum Gasteiger partial charge on any atom is -0.338 e. The zero-order chi connectivity index (χ0) is 13.6. The van der Waals surface area contributed by atoms with Gasteiger partial charge in [0.05, 0.1) is 0 Å². The number of hydrogen-bond donors (Lipinski definition) is 2. The third-order valence-electron chi connectivity index (χ3n) is 3.42. The predicted molar refractivity (Wildman–Crippen MR) is 63.2 cm³/mol. The minimum absolute atomic E-state index is 0.447. The largest absolute Gasteiger partial charge is 0.405 e. The van der Waals surface area contributed by atoms with E-state index < -0.39 is 18.8 Å². The molecular formula is C12H21F3N2O. The van der Waals surface area contributed by atoms with Gasteiger partial charge in [0.2, 0.25) is 0 Å². The number of halogens is 3. The van der Waals surface area contributed by atoms with Crippen LogP contribution in [0.5, 0.6) is 0 Å². The molecule has 0 saturated heterocycles. The van der Waals surface area contributed by atoms with E-state index in [9.17, 15) is 18.0 Å². The maximum absolute atomic E-state index is 11.8. The van der Waals surface area contributed by atoms with Gasteiger partial charge in [-0.15, -0.1) is 0 Å². The van der Waals surface area contributed by atoms with Crippen LogP contribution >= 0.6 is 0 Å².